The second-order valence-corrected chi connectivity index (χ2v) is 3.98. The average Bonchev–Trinajstić information content (AvgIpc) is 2.46. The molecule has 1 unspecified atom stereocenters. The van der Waals surface area contributed by atoms with Gasteiger partial charge in [0.05, 0.1) is 18.0 Å². The summed E-state index contributed by atoms with van der Waals surface area (Å²) in [5.41, 5.74) is 0.694. The number of carbonyl (C=O) groups excluding carboxylic acids is 1. The number of pyridine rings is 2. The zero-order valence-corrected chi connectivity index (χ0v) is 10.1. The maximum atomic E-state index is 12.3. The number of rotatable bonds is 5. The van der Waals surface area contributed by atoms with Crippen molar-refractivity contribution in [1.82, 2.24) is 9.97 Å². The lowest BCUT2D eigenvalue weighted by Crippen LogP contribution is -2.18. The van der Waals surface area contributed by atoms with Crippen molar-refractivity contribution in [3.8, 4) is 0 Å². The van der Waals surface area contributed by atoms with Crippen LogP contribution < -0.4 is 0 Å². The summed E-state index contributed by atoms with van der Waals surface area (Å²) in [6, 6.07) is 10.0. The lowest BCUT2D eigenvalue weighted by molar-refractivity contribution is -0.137. The van der Waals surface area contributed by atoms with Crippen LogP contribution in [0.1, 0.15) is 28.5 Å². The molecule has 19 heavy (non-hydrogen) atoms. The van der Waals surface area contributed by atoms with E-state index in [2.05, 4.69) is 9.97 Å². The molecule has 0 bridgehead atoms. The largest absolute Gasteiger partial charge is 0.481 e. The van der Waals surface area contributed by atoms with Crippen LogP contribution in [0.5, 0.6) is 0 Å². The number of hydrogen-bond acceptors (Lipinski definition) is 4. The molecular formula is C14H12N2O3. The fourth-order valence-electron chi connectivity index (χ4n) is 1.78. The first-order chi connectivity index (χ1) is 9.18. The third-order valence-electron chi connectivity index (χ3n) is 2.66. The molecule has 1 N–H and O–H groups in total. The third kappa shape index (κ3) is 3.22. The van der Waals surface area contributed by atoms with Crippen molar-refractivity contribution in [2.45, 2.75) is 12.3 Å². The molecule has 2 rings (SSSR count). The van der Waals surface area contributed by atoms with Gasteiger partial charge in [-0.15, -0.1) is 0 Å². The van der Waals surface area contributed by atoms with E-state index in [9.17, 15) is 9.59 Å². The number of carboxylic acids is 1. The minimum atomic E-state index is -1.04. The highest BCUT2D eigenvalue weighted by Crippen LogP contribution is 2.21. The molecule has 0 saturated carbocycles. The molecule has 0 aliphatic carbocycles. The Kier molecular flexibility index (Phi) is 3.97. The second kappa shape index (κ2) is 5.86. The Morgan fingerprint density at radius 3 is 2.26 bits per heavy atom. The summed E-state index contributed by atoms with van der Waals surface area (Å²) in [6.07, 6.45) is 2.74. The molecule has 96 valence electrons. The Hall–Kier alpha value is -2.56. The monoisotopic (exact) mass is 256 g/mol. The SMILES string of the molecule is O=C(O)CC(C(=O)c1ccccn1)c1ccccn1. The minimum absolute atomic E-state index is 0.249. The predicted octanol–water partition coefficient (Wildman–Crippen LogP) is 1.92. The lowest BCUT2D eigenvalue weighted by atomic mass is 9.93. The molecule has 5 nitrogen and oxygen atoms in total. The van der Waals surface area contributed by atoms with Crippen molar-refractivity contribution in [3.05, 3.63) is 60.2 Å². The van der Waals surface area contributed by atoms with Gasteiger partial charge in [0, 0.05) is 12.4 Å². The maximum Gasteiger partial charge on any atom is 0.304 e. The van der Waals surface area contributed by atoms with E-state index in [1.54, 1.807) is 36.4 Å². The average molecular weight is 256 g/mol. The molecule has 0 radical (unpaired) electrons. The molecule has 0 aromatic carbocycles. The molecule has 0 saturated heterocycles. The molecule has 0 fully saturated rings. The second-order valence-electron chi connectivity index (χ2n) is 3.98. The Balaban J connectivity index is 2.33. The van der Waals surface area contributed by atoms with Crippen LogP contribution in [-0.4, -0.2) is 26.8 Å². The van der Waals surface area contributed by atoms with E-state index in [0.29, 0.717) is 5.69 Å². The van der Waals surface area contributed by atoms with Gasteiger partial charge >= 0.3 is 5.97 Å². The Morgan fingerprint density at radius 2 is 1.74 bits per heavy atom. The van der Waals surface area contributed by atoms with E-state index in [1.165, 1.54) is 12.4 Å². The van der Waals surface area contributed by atoms with Gasteiger partial charge in [0.15, 0.2) is 5.78 Å². The molecule has 2 heterocycles. The van der Waals surface area contributed by atoms with Gasteiger partial charge in [-0.2, -0.15) is 0 Å². The van der Waals surface area contributed by atoms with Gasteiger partial charge in [-0.25, -0.2) is 0 Å². The van der Waals surface area contributed by atoms with Crippen LogP contribution in [0.3, 0.4) is 0 Å². The van der Waals surface area contributed by atoms with Gasteiger partial charge in [0.1, 0.15) is 5.69 Å². The van der Waals surface area contributed by atoms with E-state index in [4.69, 9.17) is 5.11 Å². The first-order valence-electron chi connectivity index (χ1n) is 5.76. The zero-order chi connectivity index (χ0) is 13.7. The molecule has 0 amide bonds. The normalized spacial score (nSPS) is 11.8. The number of carboxylic acid groups (broad SMARTS) is 1. The van der Waals surface area contributed by atoms with Gasteiger partial charge < -0.3 is 5.11 Å². The van der Waals surface area contributed by atoms with Crippen LogP contribution in [0.15, 0.2) is 48.8 Å². The molecule has 1 atom stereocenters. The van der Waals surface area contributed by atoms with Crippen molar-refractivity contribution in [2.75, 3.05) is 0 Å². The number of aromatic nitrogens is 2. The van der Waals surface area contributed by atoms with Gasteiger partial charge in [-0.05, 0) is 24.3 Å². The van der Waals surface area contributed by atoms with Crippen LogP contribution in [0.4, 0.5) is 0 Å². The van der Waals surface area contributed by atoms with Gasteiger partial charge in [-0.3, -0.25) is 19.6 Å². The molecule has 0 aliphatic heterocycles. The number of Topliss-reactive ketones (excluding diaryl/α,β-unsaturated/α-hetero) is 1. The first-order valence-corrected chi connectivity index (χ1v) is 5.76. The highest BCUT2D eigenvalue weighted by atomic mass is 16.4. The smallest absolute Gasteiger partial charge is 0.304 e. The van der Waals surface area contributed by atoms with E-state index in [0.717, 1.165) is 0 Å². The summed E-state index contributed by atoms with van der Waals surface area (Å²) in [7, 11) is 0. The van der Waals surface area contributed by atoms with Crippen molar-refractivity contribution >= 4 is 11.8 Å². The minimum Gasteiger partial charge on any atom is -0.481 e. The van der Waals surface area contributed by atoms with Gasteiger partial charge in [0.25, 0.3) is 0 Å². The molecule has 5 heteroatoms. The van der Waals surface area contributed by atoms with Crippen LogP contribution in [0, 0.1) is 0 Å². The zero-order valence-electron chi connectivity index (χ0n) is 10.1. The number of ketones is 1. The predicted molar refractivity (Wildman–Crippen MR) is 67.8 cm³/mol. The first kappa shape index (κ1) is 12.9. The van der Waals surface area contributed by atoms with Crippen LogP contribution >= 0.6 is 0 Å². The lowest BCUT2D eigenvalue weighted by Gasteiger charge is -2.12. The summed E-state index contributed by atoms with van der Waals surface area (Å²) < 4.78 is 0. The van der Waals surface area contributed by atoms with E-state index < -0.39 is 11.9 Å². The van der Waals surface area contributed by atoms with Gasteiger partial charge in [0.2, 0.25) is 0 Å². The van der Waals surface area contributed by atoms with Gasteiger partial charge in [-0.1, -0.05) is 12.1 Å². The number of carbonyl (C=O) groups is 2. The number of aliphatic carboxylic acids is 1. The summed E-state index contributed by atoms with van der Waals surface area (Å²) in [6.45, 7) is 0. The van der Waals surface area contributed by atoms with E-state index in [1.807, 2.05) is 0 Å². The molecule has 0 aliphatic rings. The summed E-state index contributed by atoms with van der Waals surface area (Å²) in [5.74, 6) is -2.18. The van der Waals surface area contributed by atoms with Crippen LogP contribution in [0.2, 0.25) is 0 Å². The topological polar surface area (TPSA) is 80.1 Å². The fourth-order valence-corrected chi connectivity index (χ4v) is 1.78. The molecular weight excluding hydrogens is 244 g/mol. The van der Waals surface area contributed by atoms with E-state index in [-0.39, 0.29) is 17.9 Å². The summed E-state index contributed by atoms with van der Waals surface area (Å²) in [5, 5.41) is 8.94. The van der Waals surface area contributed by atoms with Crippen LogP contribution in [0.25, 0.3) is 0 Å². The standard InChI is InChI=1S/C14H12N2O3/c17-13(18)9-10(11-5-1-3-7-15-11)14(19)12-6-2-4-8-16-12/h1-8,10H,9H2,(H,17,18). The Bertz CT molecular complexity index is 570. The molecule has 0 spiro atoms. The molecule has 2 aromatic rings. The summed E-state index contributed by atoms with van der Waals surface area (Å²) >= 11 is 0. The quantitative estimate of drug-likeness (QED) is 0.826. The fraction of sp³-hybridized carbons (Fsp3) is 0.143. The van der Waals surface area contributed by atoms with Crippen molar-refractivity contribution in [2.24, 2.45) is 0 Å². The third-order valence-corrected chi connectivity index (χ3v) is 2.66. The highest BCUT2D eigenvalue weighted by molar-refractivity contribution is 6.00. The number of hydrogen-bond donors (Lipinski definition) is 1. The maximum absolute atomic E-state index is 12.3. The van der Waals surface area contributed by atoms with Crippen LogP contribution in [-0.2, 0) is 4.79 Å². The van der Waals surface area contributed by atoms with Crippen molar-refractivity contribution < 1.29 is 14.7 Å². The Labute approximate surface area is 110 Å². The van der Waals surface area contributed by atoms with Crippen molar-refractivity contribution in [3.63, 3.8) is 0 Å². The van der Waals surface area contributed by atoms with Crippen molar-refractivity contribution in [1.29, 1.82) is 0 Å². The number of nitrogens with zero attached hydrogens (tertiary/aromatic N) is 2. The summed E-state index contributed by atoms with van der Waals surface area (Å²) in [4.78, 5) is 31.3. The molecule has 2 aromatic heterocycles. The highest BCUT2D eigenvalue weighted by Gasteiger charge is 2.26. The van der Waals surface area contributed by atoms with E-state index >= 15 is 0 Å². The Morgan fingerprint density at radius 1 is 1.05 bits per heavy atom.